The van der Waals surface area contributed by atoms with Gasteiger partial charge in [-0.15, -0.1) is 0 Å². The Hall–Kier alpha value is -2.96. The molecule has 0 spiro atoms. The predicted molar refractivity (Wildman–Crippen MR) is 94.7 cm³/mol. The van der Waals surface area contributed by atoms with Crippen molar-refractivity contribution in [1.29, 1.82) is 0 Å². The van der Waals surface area contributed by atoms with Gasteiger partial charge in [-0.1, -0.05) is 6.07 Å². The van der Waals surface area contributed by atoms with Gasteiger partial charge in [-0.25, -0.2) is 13.8 Å². The first-order chi connectivity index (χ1) is 13.0. The maximum atomic E-state index is 13.7. The highest BCUT2D eigenvalue weighted by Gasteiger charge is 2.27. The van der Waals surface area contributed by atoms with E-state index >= 15 is 0 Å². The standard InChI is InChI=1S/C20H18F2N2O3/c1-12-23-19-15(3-2-4-18(19)26-12)20(25)24-9-7-14(8-10-24)27-17-6-5-13(21)11-16(17)22/h2-6,11,14H,7-10H2,1H3. The summed E-state index contributed by atoms with van der Waals surface area (Å²) in [5, 5.41) is 0. The summed E-state index contributed by atoms with van der Waals surface area (Å²) in [6.07, 6.45) is 0.909. The highest BCUT2D eigenvalue weighted by molar-refractivity contribution is 6.04. The topological polar surface area (TPSA) is 55.6 Å². The van der Waals surface area contributed by atoms with Crippen LogP contribution in [0.2, 0.25) is 0 Å². The van der Waals surface area contributed by atoms with Crippen LogP contribution in [0.3, 0.4) is 0 Å². The van der Waals surface area contributed by atoms with Crippen LogP contribution in [0.15, 0.2) is 40.8 Å². The molecule has 2 heterocycles. The Morgan fingerprint density at radius 1 is 1.22 bits per heavy atom. The minimum absolute atomic E-state index is 0.0315. The fourth-order valence-corrected chi connectivity index (χ4v) is 3.33. The number of para-hydroxylation sites is 1. The molecular weight excluding hydrogens is 354 g/mol. The molecule has 1 aliphatic heterocycles. The number of aryl methyl sites for hydroxylation is 1. The molecule has 1 aliphatic rings. The molecule has 1 aromatic heterocycles. The number of hydrogen-bond acceptors (Lipinski definition) is 4. The maximum absolute atomic E-state index is 13.7. The molecule has 0 unspecified atom stereocenters. The Morgan fingerprint density at radius 2 is 2.00 bits per heavy atom. The third kappa shape index (κ3) is 3.49. The molecule has 0 aliphatic carbocycles. The van der Waals surface area contributed by atoms with Crippen LogP contribution >= 0.6 is 0 Å². The average Bonchev–Trinajstić information content (AvgIpc) is 3.04. The monoisotopic (exact) mass is 372 g/mol. The van der Waals surface area contributed by atoms with E-state index in [1.165, 1.54) is 6.07 Å². The van der Waals surface area contributed by atoms with E-state index in [1.807, 2.05) is 0 Å². The van der Waals surface area contributed by atoms with Gasteiger partial charge in [0.1, 0.15) is 17.4 Å². The van der Waals surface area contributed by atoms with Crippen molar-refractivity contribution in [2.45, 2.75) is 25.9 Å². The van der Waals surface area contributed by atoms with Crippen LogP contribution in [-0.4, -0.2) is 35.0 Å². The number of ether oxygens (including phenoxy) is 1. The second-order valence-corrected chi connectivity index (χ2v) is 6.57. The van der Waals surface area contributed by atoms with Gasteiger partial charge in [0.05, 0.1) is 5.56 Å². The highest BCUT2D eigenvalue weighted by atomic mass is 19.1. The molecule has 7 heteroatoms. The Bertz CT molecular complexity index is 994. The van der Waals surface area contributed by atoms with Crippen molar-refractivity contribution in [2.24, 2.45) is 0 Å². The van der Waals surface area contributed by atoms with E-state index in [0.29, 0.717) is 48.5 Å². The van der Waals surface area contributed by atoms with E-state index in [1.54, 1.807) is 30.0 Å². The zero-order chi connectivity index (χ0) is 19.0. The van der Waals surface area contributed by atoms with Crippen LogP contribution in [0.1, 0.15) is 29.1 Å². The molecule has 4 rings (SSSR count). The van der Waals surface area contributed by atoms with E-state index in [4.69, 9.17) is 9.15 Å². The Balaban J connectivity index is 1.43. The van der Waals surface area contributed by atoms with E-state index in [2.05, 4.69) is 4.98 Å². The van der Waals surface area contributed by atoms with Gasteiger partial charge in [0, 0.05) is 38.9 Å². The summed E-state index contributed by atoms with van der Waals surface area (Å²) in [6, 6.07) is 8.54. The predicted octanol–water partition coefficient (Wildman–Crippen LogP) is 4.10. The lowest BCUT2D eigenvalue weighted by atomic mass is 10.1. The van der Waals surface area contributed by atoms with Crippen molar-refractivity contribution in [3.05, 3.63) is 59.5 Å². The fourth-order valence-electron chi connectivity index (χ4n) is 3.33. The van der Waals surface area contributed by atoms with Gasteiger partial charge < -0.3 is 14.1 Å². The van der Waals surface area contributed by atoms with E-state index in [0.717, 1.165) is 12.1 Å². The maximum Gasteiger partial charge on any atom is 0.256 e. The molecule has 2 aromatic carbocycles. The number of carbonyl (C=O) groups excluding carboxylic acids is 1. The van der Waals surface area contributed by atoms with Crippen LogP contribution in [0.5, 0.6) is 5.75 Å². The van der Waals surface area contributed by atoms with Crippen LogP contribution < -0.4 is 4.74 Å². The Morgan fingerprint density at radius 3 is 2.74 bits per heavy atom. The Kier molecular flexibility index (Phi) is 4.51. The van der Waals surface area contributed by atoms with Crippen molar-refractivity contribution < 1.29 is 22.7 Å². The first-order valence-electron chi connectivity index (χ1n) is 8.78. The molecule has 5 nitrogen and oxygen atoms in total. The zero-order valence-corrected chi connectivity index (χ0v) is 14.7. The second kappa shape index (κ2) is 6.98. The summed E-state index contributed by atoms with van der Waals surface area (Å²) in [6.45, 7) is 2.71. The number of amides is 1. The molecule has 1 amide bonds. The molecule has 0 atom stereocenters. The highest BCUT2D eigenvalue weighted by Crippen LogP contribution is 2.25. The Labute approximate surface area is 154 Å². The van der Waals surface area contributed by atoms with Gasteiger partial charge >= 0.3 is 0 Å². The molecule has 0 saturated carbocycles. The van der Waals surface area contributed by atoms with Gasteiger partial charge in [0.15, 0.2) is 23.0 Å². The third-order valence-corrected chi connectivity index (χ3v) is 4.67. The summed E-state index contributed by atoms with van der Waals surface area (Å²) in [7, 11) is 0. The molecule has 3 aromatic rings. The lowest BCUT2D eigenvalue weighted by molar-refractivity contribution is 0.0590. The van der Waals surface area contributed by atoms with Crippen molar-refractivity contribution >= 4 is 17.0 Å². The number of piperidine rings is 1. The normalized spacial score (nSPS) is 15.3. The first kappa shape index (κ1) is 17.5. The number of rotatable bonds is 3. The number of carbonyl (C=O) groups is 1. The van der Waals surface area contributed by atoms with Crippen molar-refractivity contribution in [1.82, 2.24) is 9.88 Å². The van der Waals surface area contributed by atoms with E-state index < -0.39 is 11.6 Å². The molecule has 0 N–H and O–H groups in total. The summed E-state index contributed by atoms with van der Waals surface area (Å²) in [5.74, 6) is -0.929. The van der Waals surface area contributed by atoms with Crippen molar-refractivity contribution in [3.8, 4) is 5.75 Å². The van der Waals surface area contributed by atoms with Gasteiger partial charge in [-0.3, -0.25) is 4.79 Å². The largest absolute Gasteiger partial charge is 0.487 e. The second-order valence-electron chi connectivity index (χ2n) is 6.57. The number of oxazole rings is 1. The van der Waals surface area contributed by atoms with Crippen molar-refractivity contribution in [2.75, 3.05) is 13.1 Å². The summed E-state index contributed by atoms with van der Waals surface area (Å²) >= 11 is 0. The summed E-state index contributed by atoms with van der Waals surface area (Å²) < 4.78 is 37.9. The molecule has 1 fully saturated rings. The van der Waals surface area contributed by atoms with Crippen LogP contribution in [0.4, 0.5) is 8.78 Å². The lowest BCUT2D eigenvalue weighted by Gasteiger charge is -2.32. The summed E-state index contributed by atoms with van der Waals surface area (Å²) in [5.41, 5.74) is 1.66. The van der Waals surface area contributed by atoms with Gasteiger partial charge in [-0.2, -0.15) is 0 Å². The quantitative estimate of drug-likeness (QED) is 0.695. The van der Waals surface area contributed by atoms with Crippen LogP contribution in [-0.2, 0) is 0 Å². The number of fused-ring (bicyclic) bond motifs is 1. The number of nitrogens with zero attached hydrogens (tertiary/aromatic N) is 2. The molecule has 1 saturated heterocycles. The molecule has 0 radical (unpaired) electrons. The summed E-state index contributed by atoms with van der Waals surface area (Å²) in [4.78, 5) is 18.9. The molecule has 140 valence electrons. The molecular formula is C20H18F2N2O3. The van der Waals surface area contributed by atoms with Crippen LogP contribution in [0.25, 0.3) is 11.1 Å². The third-order valence-electron chi connectivity index (χ3n) is 4.67. The smallest absolute Gasteiger partial charge is 0.256 e. The van der Waals surface area contributed by atoms with Crippen molar-refractivity contribution in [3.63, 3.8) is 0 Å². The number of benzene rings is 2. The number of hydrogen-bond donors (Lipinski definition) is 0. The zero-order valence-electron chi connectivity index (χ0n) is 14.7. The average molecular weight is 372 g/mol. The van der Waals surface area contributed by atoms with E-state index in [9.17, 15) is 13.6 Å². The molecule has 0 bridgehead atoms. The molecule has 27 heavy (non-hydrogen) atoms. The van der Waals surface area contributed by atoms with Crippen LogP contribution in [0, 0.1) is 18.6 Å². The first-order valence-corrected chi connectivity index (χ1v) is 8.78. The van der Waals surface area contributed by atoms with Gasteiger partial charge in [-0.05, 0) is 24.3 Å². The lowest BCUT2D eigenvalue weighted by Crippen LogP contribution is -2.41. The fraction of sp³-hybridized carbons (Fsp3) is 0.300. The number of likely N-dealkylation sites (tertiary alicyclic amines) is 1. The van der Waals surface area contributed by atoms with Gasteiger partial charge in [0.2, 0.25) is 0 Å². The minimum atomic E-state index is -0.721. The minimum Gasteiger partial charge on any atom is -0.487 e. The van der Waals surface area contributed by atoms with Gasteiger partial charge in [0.25, 0.3) is 5.91 Å². The number of halogens is 2. The van der Waals surface area contributed by atoms with E-state index in [-0.39, 0.29) is 17.8 Å². The SMILES string of the molecule is Cc1nc2c(C(=O)N3CCC(Oc4ccc(F)cc4F)CC3)cccc2o1. The number of aromatic nitrogens is 1.